The van der Waals surface area contributed by atoms with E-state index in [1.807, 2.05) is 25.1 Å². The molecule has 146 valence electrons. The molecule has 3 aromatic rings. The Morgan fingerprint density at radius 2 is 1.89 bits per heavy atom. The molecular formula is C21H23F2N5. The molecule has 4 N–H and O–H groups in total. The molecule has 0 fully saturated rings. The van der Waals surface area contributed by atoms with Crippen molar-refractivity contribution >= 4 is 22.7 Å². The van der Waals surface area contributed by atoms with Crippen LogP contribution in [0.3, 0.4) is 0 Å². The van der Waals surface area contributed by atoms with Crippen LogP contribution in [0, 0.1) is 30.9 Å². The Labute approximate surface area is 162 Å². The van der Waals surface area contributed by atoms with Gasteiger partial charge >= 0.3 is 0 Å². The van der Waals surface area contributed by atoms with Crippen molar-refractivity contribution in [1.29, 1.82) is 5.41 Å². The number of aryl methyl sites for hydroxylation is 2. The molecule has 0 radical (unpaired) electrons. The highest BCUT2D eigenvalue weighted by atomic mass is 19.1. The number of fused-ring (bicyclic) bond motifs is 1. The molecule has 0 unspecified atom stereocenters. The van der Waals surface area contributed by atoms with Crippen LogP contribution in [0.25, 0.3) is 16.9 Å². The first-order valence-corrected chi connectivity index (χ1v) is 8.49. The van der Waals surface area contributed by atoms with Crippen LogP contribution in [0.2, 0.25) is 0 Å². The highest BCUT2D eigenvalue weighted by molar-refractivity contribution is 5.80. The van der Waals surface area contributed by atoms with Gasteiger partial charge in [-0.2, -0.15) is 0 Å². The Hall–Kier alpha value is -3.48. The molecule has 0 atom stereocenters. The highest BCUT2D eigenvalue weighted by Crippen LogP contribution is 2.18. The predicted octanol–water partition coefficient (Wildman–Crippen LogP) is 4.01. The van der Waals surface area contributed by atoms with Crippen LogP contribution >= 0.6 is 0 Å². The molecule has 1 aromatic heterocycles. The summed E-state index contributed by atoms with van der Waals surface area (Å²) in [6, 6.07) is 7.70. The van der Waals surface area contributed by atoms with Crippen molar-refractivity contribution in [3.63, 3.8) is 0 Å². The third-order valence-corrected chi connectivity index (χ3v) is 4.20. The van der Waals surface area contributed by atoms with Gasteiger partial charge in [-0.3, -0.25) is 9.98 Å². The zero-order chi connectivity index (χ0) is 21.0. The van der Waals surface area contributed by atoms with Crippen LogP contribution in [-0.2, 0) is 6.54 Å². The summed E-state index contributed by atoms with van der Waals surface area (Å²) in [4.78, 5) is 4.21. The average Bonchev–Trinajstić information content (AvgIpc) is 2.64. The van der Waals surface area contributed by atoms with E-state index >= 15 is 0 Å². The fourth-order valence-corrected chi connectivity index (χ4v) is 2.83. The Balaban J connectivity index is 0.00000136. The van der Waals surface area contributed by atoms with E-state index in [-0.39, 0.29) is 17.9 Å². The first-order chi connectivity index (χ1) is 13.3. The number of nitrogens with zero attached hydrogens (tertiary/aromatic N) is 2. The van der Waals surface area contributed by atoms with Crippen molar-refractivity contribution in [2.24, 2.45) is 0 Å². The quantitative estimate of drug-likeness (QED) is 0.596. The monoisotopic (exact) mass is 383 g/mol. The second kappa shape index (κ2) is 8.47. The lowest BCUT2D eigenvalue weighted by Crippen LogP contribution is -2.29. The summed E-state index contributed by atoms with van der Waals surface area (Å²) in [7, 11) is 0. The van der Waals surface area contributed by atoms with Gasteiger partial charge in [0.1, 0.15) is 17.5 Å². The van der Waals surface area contributed by atoms with Gasteiger partial charge in [0.05, 0.1) is 11.0 Å². The number of rotatable bonds is 4. The van der Waals surface area contributed by atoms with Crippen molar-refractivity contribution < 1.29 is 8.78 Å². The zero-order valence-corrected chi connectivity index (χ0v) is 15.9. The average molecular weight is 383 g/mol. The number of hydrogen-bond acceptors (Lipinski definition) is 4. The summed E-state index contributed by atoms with van der Waals surface area (Å²) < 4.78 is 28.8. The molecular weight excluding hydrogens is 360 g/mol. The molecule has 0 spiro atoms. The summed E-state index contributed by atoms with van der Waals surface area (Å²) in [6.07, 6.45) is 0. The van der Waals surface area contributed by atoms with Crippen LogP contribution in [0.1, 0.15) is 16.7 Å². The van der Waals surface area contributed by atoms with E-state index in [1.165, 1.54) is 10.6 Å². The Bertz CT molecular complexity index is 1080. The number of anilines is 1. The lowest BCUT2D eigenvalue weighted by atomic mass is 10.1. The number of nitrogen functional groups attached to an aromatic ring is 1. The Morgan fingerprint density at radius 3 is 2.54 bits per heavy atom. The van der Waals surface area contributed by atoms with Crippen molar-refractivity contribution in [2.45, 2.75) is 20.4 Å². The van der Waals surface area contributed by atoms with Gasteiger partial charge < -0.3 is 11.1 Å². The van der Waals surface area contributed by atoms with Gasteiger partial charge in [0, 0.05) is 18.2 Å². The normalized spacial score (nSPS) is 10.3. The summed E-state index contributed by atoms with van der Waals surface area (Å²) in [5, 5.41) is 11.2. The van der Waals surface area contributed by atoms with E-state index in [9.17, 15) is 8.78 Å². The minimum absolute atomic E-state index is 0.0168. The maximum absolute atomic E-state index is 14.0. The molecule has 0 amide bonds. The van der Waals surface area contributed by atoms with Crippen LogP contribution < -0.4 is 16.5 Å². The van der Waals surface area contributed by atoms with Crippen LogP contribution in [0.5, 0.6) is 0 Å². The van der Waals surface area contributed by atoms with E-state index in [4.69, 9.17) is 11.1 Å². The van der Waals surface area contributed by atoms with Gasteiger partial charge in [-0.1, -0.05) is 12.6 Å². The predicted molar refractivity (Wildman–Crippen MR) is 109 cm³/mol. The van der Waals surface area contributed by atoms with E-state index in [1.54, 1.807) is 6.92 Å². The molecule has 7 heteroatoms. The summed E-state index contributed by atoms with van der Waals surface area (Å²) in [6.45, 7) is 13.6. The van der Waals surface area contributed by atoms with Crippen molar-refractivity contribution in [1.82, 2.24) is 14.9 Å². The van der Waals surface area contributed by atoms with Crippen LogP contribution in [0.15, 0.2) is 50.1 Å². The van der Waals surface area contributed by atoms with Gasteiger partial charge in [0.25, 0.3) is 0 Å². The number of halogens is 2. The first kappa shape index (κ1) is 20.8. The molecule has 0 aliphatic carbocycles. The van der Waals surface area contributed by atoms with Gasteiger partial charge in [-0.15, -0.1) is 13.2 Å². The van der Waals surface area contributed by atoms with E-state index in [0.29, 0.717) is 28.0 Å². The van der Waals surface area contributed by atoms with Gasteiger partial charge in [-0.05, 0) is 43.2 Å². The molecule has 2 aromatic carbocycles. The van der Waals surface area contributed by atoms with E-state index in [0.717, 1.165) is 11.6 Å². The van der Waals surface area contributed by atoms with Crippen molar-refractivity contribution in [3.8, 4) is 0 Å². The second-order valence-electron chi connectivity index (χ2n) is 6.16. The molecule has 5 nitrogen and oxygen atoms in total. The van der Waals surface area contributed by atoms with E-state index < -0.39 is 11.6 Å². The molecule has 28 heavy (non-hydrogen) atoms. The lowest BCUT2D eigenvalue weighted by molar-refractivity contribution is 0.565. The first-order valence-electron chi connectivity index (χ1n) is 8.49. The molecule has 0 saturated carbocycles. The smallest absolute Gasteiger partial charge is 0.174 e. The van der Waals surface area contributed by atoms with Crippen LogP contribution in [0.4, 0.5) is 14.6 Å². The lowest BCUT2D eigenvalue weighted by Gasteiger charge is -2.18. The zero-order valence-electron chi connectivity index (χ0n) is 15.9. The SMILES string of the molecule is C=C.C=C(NCc1c(C)cc(F)cc1F)n1c(=N)c(N)nc2ccc(C)cc21. The Kier molecular flexibility index (Phi) is 6.30. The third-order valence-electron chi connectivity index (χ3n) is 4.20. The largest absolute Gasteiger partial charge is 0.381 e. The molecule has 1 heterocycles. The maximum Gasteiger partial charge on any atom is 0.174 e. The summed E-state index contributed by atoms with van der Waals surface area (Å²) in [5.74, 6) is -0.834. The van der Waals surface area contributed by atoms with Crippen LogP contribution in [-0.4, -0.2) is 9.55 Å². The highest BCUT2D eigenvalue weighted by Gasteiger charge is 2.12. The number of nitrogens with two attached hydrogens (primary N) is 1. The summed E-state index contributed by atoms with van der Waals surface area (Å²) >= 11 is 0. The topological polar surface area (TPSA) is 79.7 Å². The minimum Gasteiger partial charge on any atom is -0.381 e. The third kappa shape index (κ3) is 4.09. The number of hydrogen-bond donors (Lipinski definition) is 3. The Morgan fingerprint density at radius 1 is 1.21 bits per heavy atom. The number of aromatic nitrogens is 2. The fourth-order valence-electron chi connectivity index (χ4n) is 2.83. The second-order valence-corrected chi connectivity index (χ2v) is 6.16. The van der Waals surface area contributed by atoms with Crippen molar-refractivity contribution in [3.05, 3.63) is 83.9 Å². The minimum atomic E-state index is -0.631. The fraction of sp³-hybridized carbons (Fsp3) is 0.143. The van der Waals surface area contributed by atoms with Gasteiger partial charge in [0.2, 0.25) is 0 Å². The number of nitrogens with one attached hydrogen (secondary N) is 2. The molecule has 0 saturated heterocycles. The van der Waals surface area contributed by atoms with Gasteiger partial charge in [-0.25, -0.2) is 13.8 Å². The standard InChI is InChI=1S/C19H19F2N5.C2H4/c1-10-4-5-16-17(6-10)26(19(23)18(22)25-16)12(3)24-9-14-11(2)7-13(20)8-15(14)21;1-2/h4-8,23-24H,3,9H2,1-2H3,(H2,22,25);1-2H2. The maximum atomic E-state index is 14.0. The molecule has 0 bridgehead atoms. The summed E-state index contributed by atoms with van der Waals surface area (Å²) in [5.41, 5.74) is 8.94. The van der Waals surface area contributed by atoms with Crippen molar-refractivity contribution in [2.75, 3.05) is 5.73 Å². The van der Waals surface area contributed by atoms with E-state index in [2.05, 4.69) is 30.0 Å². The number of benzene rings is 2. The van der Waals surface area contributed by atoms with Gasteiger partial charge in [0.15, 0.2) is 11.3 Å². The molecule has 3 rings (SSSR count). The molecule has 0 aliphatic heterocycles. The molecule has 0 aliphatic rings.